The van der Waals surface area contributed by atoms with Crippen LogP contribution in [0.4, 0.5) is 0 Å². The third-order valence-corrected chi connectivity index (χ3v) is 9.16. The number of Topliss-reactive ketones (excluding diaryl/α,β-unsaturated/α-hetero) is 2. The van der Waals surface area contributed by atoms with Crippen LogP contribution in [0, 0.1) is 34.0 Å². The predicted molar refractivity (Wildman–Crippen MR) is 108 cm³/mol. The maximum atomic E-state index is 14.3. The summed E-state index contributed by atoms with van der Waals surface area (Å²) in [6.07, 6.45) is 0.0231. The minimum atomic E-state index is -1.11. The second kappa shape index (κ2) is 6.27. The van der Waals surface area contributed by atoms with Crippen molar-refractivity contribution in [2.75, 3.05) is 6.61 Å². The number of carbonyl (C=O) groups is 4. The van der Waals surface area contributed by atoms with Gasteiger partial charge in [-0.2, -0.15) is 0 Å². The van der Waals surface area contributed by atoms with Crippen LogP contribution >= 0.6 is 0 Å². The highest BCUT2D eigenvalue weighted by Gasteiger charge is 2.80. The van der Waals surface area contributed by atoms with Gasteiger partial charge < -0.3 is 14.2 Å². The fraction of sp³-hybridized carbons (Fsp3) is 0.750. The quantitative estimate of drug-likeness (QED) is 0.490. The lowest BCUT2D eigenvalue weighted by molar-refractivity contribution is -0.277. The van der Waals surface area contributed by atoms with E-state index in [2.05, 4.69) is 6.58 Å². The van der Waals surface area contributed by atoms with Crippen LogP contribution in [0.2, 0.25) is 0 Å². The molecule has 0 amide bonds. The number of rotatable bonds is 2. The molecule has 6 aliphatic rings. The Bertz CT molecular complexity index is 919. The number of carbonyl (C=O) groups excluding carboxylic acids is 4. The summed E-state index contributed by atoms with van der Waals surface area (Å²) in [5.74, 6) is -1.93. The normalized spacial score (nSPS) is 46.9. The van der Waals surface area contributed by atoms with Crippen molar-refractivity contribution in [2.24, 2.45) is 34.0 Å². The van der Waals surface area contributed by atoms with E-state index in [0.29, 0.717) is 19.3 Å². The Morgan fingerprint density at radius 1 is 1.06 bits per heavy atom. The number of fused-ring (bicyclic) bond motifs is 3. The summed E-state index contributed by atoms with van der Waals surface area (Å²) in [6.45, 7) is 11.0. The topological polar surface area (TPSA) is 96.0 Å². The van der Waals surface area contributed by atoms with Crippen molar-refractivity contribution in [2.45, 2.75) is 71.7 Å². The molecular weight excluding hydrogens is 400 g/mol. The number of ketones is 2. The number of ether oxygens (including phenoxy) is 3. The van der Waals surface area contributed by atoms with Crippen LogP contribution in [-0.2, 0) is 33.4 Å². The van der Waals surface area contributed by atoms with Crippen molar-refractivity contribution in [1.82, 2.24) is 0 Å². The second-order valence-electron chi connectivity index (χ2n) is 10.8. The summed E-state index contributed by atoms with van der Waals surface area (Å²) < 4.78 is 17.7. The summed E-state index contributed by atoms with van der Waals surface area (Å²) in [4.78, 5) is 52.1. The van der Waals surface area contributed by atoms with E-state index in [1.54, 1.807) is 0 Å². The minimum Gasteiger partial charge on any atom is -0.457 e. The van der Waals surface area contributed by atoms with E-state index in [4.69, 9.17) is 14.2 Å². The van der Waals surface area contributed by atoms with Gasteiger partial charge >= 0.3 is 11.9 Å². The van der Waals surface area contributed by atoms with Crippen molar-refractivity contribution in [1.29, 1.82) is 0 Å². The highest BCUT2D eigenvalue weighted by molar-refractivity contribution is 5.99. The molecule has 7 nitrogen and oxygen atoms in total. The third-order valence-electron chi connectivity index (χ3n) is 9.16. The van der Waals surface area contributed by atoms with Crippen LogP contribution in [-0.4, -0.2) is 48.4 Å². The molecule has 0 N–H and O–H groups in total. The van der Waals surface area contributed by atoms with E-state index >= 15 is 0 Å². The molecule has 4 aliphatic carbocycles. The maximum Gasteiger partial charge on any atom is 0.303 e. The lowest BCUT2D eigenvalue weighted by Gasteiger charge is -2.68. The van der Waals surface area contributed by atoms with Gasteiger partial charge in [-0.3, -0.25) is 19.2 Å². The van der Waals surface area contributed by atoms with Gasteiger partial charge in [-0.1, -0.05) is 20.4 Å². The summed E-state index contributed by atoms with van der Waals surface area (Å²) >= 11 is 0. The third kappa shape index (κ3) is 2.33. The van der Waals surface area contributed by atoms with E-state index in [0.717, 1.165) is 12.0 Å². The zero-order valence-electron chi connectivity index (χ0n) is 18.6. The molecule has 2 aliphatic heterocycles. The average Bonchev–Trinajstić information content (AvgIpc) is 2.88. The zero-order chi connectivity index (χ0) is 22.5. The van der Waals surface area contributed by atoms with E-state index in [9.17, 15) is 19.2 Å². The van der Waals surface area contributed by atoms with Crippen LogP contribution < -0.4 is 0 Å². The lowest BCUT2D eigenvalue weighted by Crippen LogP contribution is -2.77. The smallest absolute Gasteiger partial charge is 0.303 e. The first-order valence-electron chi connectivity index (χ1n) is 11.2. The monoisotopic (exact) mass is 430 g/mol. The van der Waals surface area contributed by atoms with Crippen LogP contribution in [0.5, 0.6) is 0 Å². The van der Waals surface area contributed by atoms with Crippen molar-refractivity contribution in [3.05, 3.63) is 12.2 Å². The molecule has 0 unspecified atom stereocenters. The molecular formula is C24H30O7. The maximum absolute atomic E-state index is 14.3. The molecule has 6 rings (SSSR count). The number of esters is 2. The summed E-state index contributed by atoms with van der Waals surface area (Å²) in [7, 11) is 0. The molecule has 2 heterocycles. The molecule has 31 heavy (non-hydrogen) atoms. The minimum absolute atomic E-state index is 0.0411. The van der Waals surface area contributed by atoms with Crippen molar-refractivity contribution in [3.8, 4) is 0 Å². The molecule has 8 atom stereocenters. The molecule has 0 aromatic carbocycles. The Morgan fingerprint density at radius 3 is 2.35 bits per heavy atom. The molecule has 168 valence electrons. The Morgan fingerprint density at radius 2 is 1.74 bits per heavy atom. The molecule has 6 fully saturated rings. The Kier molecular flexibility index (Phi) is 4.22. The standard InChI is InChI=1S/C24H30O7/c1-11-14-6-7-15-23(9-14,21(11)31-13(3)26)20(28)18(30-12(2)25)19-22(4,5)17-8-16(27)24(15,19)10-29-17/h14-15,17-19,21H,1,6-10H2,2-5H3/t14-,15+,17+,18-,19+,21+,23-,24+/m0/s1. The van der Waals surface area contributed by atoms with Crippen LogP contribution in [0.1, 0.15) is 53.4 Å². The first kappa shape index (κ1) is 20.9. The summed E-state index contributed by atoms with van der Waals surface area (Å²) in [5.41, 5.74) is -1.84. The van der Waals surface area contributed by atoms with Crippen LogP contribution in [0.3, 0.4) is 0 Å². The van der Waals surface area contributed by atoms with Crippen molar-refractivity contribution < 1.29 is 33.4 Å². The largest absolute Gasteiger partial charge is 0.457 e. The SMILES string of the molecule is C=C1[C@H]2CC[C@H]3[C@]45CO[C@H](CC4=O)C(C)(C)[C@H]5[C@H](OC(C)=O)C(=O)[C@@]3(C2)[C@@H]1OC(C)=O. The van der Waals surface area contributed by atoms with E-state index in [1.807, 2.05) is 13.8 Å². The average molecular weight is 430 g/mol. The fourth-order valence-electron chi connectivity index (χ4n) is 8.12. The molecule has 2 spiro atoms. The van der Waals surface area contributed by atoms with Gasteiger partial charge in [0.15, 0.2) is 11.9 Å². The first-order chi connectivity index (χ1) is 14.5. The molecule has 2 saturated heterocycles. The molecule has 4 saturated carbocycles. The van der Waals surface area contributed by atoms with Gasteiger partial charge in [0.25, 0.3) is 0 Å². The molecule has 0 aromatic rings. The Hall–Kier alpha value is -2.02. The van der Waals surface area contributed by atoms with E-state index < -0.39 is 46.3 Å². The zero-order valence-corrected chi connectivity index (χ0v) is 18.6. The highest BCUT2D eigenvalue weighted by atomic mass is 16.6. The fourth-order valence-corrected chi connectivity index (χ4v) is 8.12. The molecule has 0 radical (unpaired) electrons. The van der Waals surface area contributed by atoms with Gasteiger partial charge in [0.05, 0.1) is 23.5 Å². The number of hydrogen-bond donors (Lipinski definition) is 0. The Balaban J connectivity index is 1.76. The Labute approximate surface area is 181 Å². The van der Waals surface area contributed by atoms with E-state index in [-0.39, 0.29) is 36.1 Å². The lowest BCUT2D eigenvalue weighted by atomic mass is 9.37. The first-order valence-corrected chi connectivity index (χ1v) is 11.2. The summed E-state index contributed by atoms with van der Waals surface area (Å²) in [6, 6.07) is 0. The second-order valence-corrected chi connectivity index (χ2v) is 10.8. The van der Waals surface area contributed by atoms with Gasteiger partial charge in [-0.15, -0.1) is 0 Å². The highest BCUT2D eigenvalue weighted by Crippen LogP contribution is 2.72. The predicted octanol–water partition coefficient (Wildman–Crippen LogP) is 2.41. The molecule has 0 aromatic heterocycles. The van der Waals surface area contributed by atoms with Crippen molar-refractivity contribution in [3.63, 3.8) is 0 Å². The van der Waals surface area contributed by atoms with Gasteiger partial charge in [0, 0.05) is 26.2 Å². The van der Waals surface area contributed by atoms with Gasteiger partial charge in [-0.05, 0) is 42.1 Å². The summed E-state index contributed by atoms with van der Waals surface area (Å²) in [5, 5.41) is 0. The molecule has 4 bridgehead atoms. The van der Waals surface area contributed by atoms with Gasteiger partial charge in [0.2, 0.25) is 0 Å². The van der Waals surface area contributed by atoms with Gasteiger partial charge in [0.1, 0.15) is 11.9 Å². The van der Waals surface area contributed by atoms with Crippen LogP contribution in [0.25, 0.3) is 0 Å². The van der Waals surface area contributed by atoms with Crippen LogP contribution in [0.15, 0.2) is 12.2 Å². The molecule has 7 heteroatoms. The van der Waals surface area contributed by atoms with E-state index in [1.165, 1.54) is 13.8 Å². The van der Waals surface area contributed by atoms with Gasteiger partial charge in [-0.25, -0.2) is 0 Å². The van der Waals surface area contributed by atoms with Crippen molar-refractivity contribution >= 4 is 23.5 Å². The number of hydrogen-bond acceptors (Lipinski definition) is 7.